The van der Waals surface area contributed by atoms with Crippen LogP contribution in [0.3, 0.4) is 0 Å². The third-order valence-electron chi connectivity index (χ3n) is 6.67. The molecule has 1 atom stereocenters. The summed E-state index contributed by atoms with van der Waals surface area (Å²) in [5, 5.41) is 0.501. The maximum absolute atomic E-state index is 13.9. The van der Waals surface area contributed by atoms with Crippen molar-refractivity contribution in [2.45, 2.75) is 26.4 Å². The summed E-state index contributed by atoms with van der Waals surface area (Å²) in [6, 6.07) is 33.0. The van der Waals surface area contributed by atoms with Gasteiger partial charge >= 0.3 is 0 Å². The first-order chi connectivity index (χ1) is 19.5. The molecule has 4 aromatic carbocycles. The average Bonchev–Trinajstić information content (AvgIpc) is 3.00. The molecule has 0 aliphatic carbocycles. The van der Waals surface area contributed by atoms with Gasteiger partial charge in [0.1, 0.15) is 17.3 Å². The van der Waals surface area contributed by atoms with E-state index in [2.05, 4.69) is 0 Å². The fourth-order valence-corrected chi connectivity index (χ4v) is 4.64. The van der Waals surface area contributed by atoms with Crippen molar-refractivity contribution >= 4 is 16.8 Å². The molecular formula is C33H31N3O4. The molecule has 1 unspecified atom stereocenters. The molecular weight excluding hydrogens is 502 g/mol. The van der Waals surface area contributed by atoms with E-state index in [-0.39, 0.29) is 18.1 Å². The third kappa shape index (κ3) is 5.89. The zero-order chi connectivity index (χ0) is 27.9. The van der Waals surface area contributed by atoms with Gasteiger partial charge in [-0.05, 0) is 67.9 Å². The van der Waals surface area contributed by atoms with Crippen LogP contribution in [0.4, 0.5) is 0 Å². The van der Waals surface area contributed by atoms with Gasteiger partial charge in [-0.25, -0.2) is 4.98 Å². The van der Waals surface area contributed by atoms with E-state index < -0.39 is 6.04 Å². The first-order valence-electron chi connectivity index (χ1n) is 13.3. The normalized spacial score (nSPS) is 11.7. The smallest absolute Gasteiger partial charge is 0.266 e. The zero-order valence-electron chi connectivity index (χ0n) is 22.6. The largest absolute Gasteiger partial charge is 0.494 e. The molecule has 5 rings (SSSR count). The number of aromatic nitrogens is 2. The quantitative estimate of drug-likeness (QED) is 0.222. The van der Waals surface area contributed by atoms with Crippen LogP contribution >= 0.6 is 0 Å². The number of carbonyl (C=O) groups excluding carboxylic acids is 1. The number of amides is 1. The molecule has 0 aliphatic heterocycles. The lowest BCUT2D eigenvalue weighted by molar-refractivity contribution is -0.136. The lowest BCUT2D eigenvalue weighted by Gasteiger charge is -2.30. The van der Waals surface area contributed by atoms with Crippen LogP contribution in [-0.2, 0) is 11.3 Å². The minimum absolute atomic E-state index is 0.151. The molecule has 1 aromatic heterocycles. The van der Waals surface area contributed by atoms with Gasteiger partial charge in [0.05, 0.1) is 29.2 Å². The second-order valence-corrected chi connectivity index (χ2v) is 9.34. The van der Waals surface area contributed by atoms with Crippen molar-refractivity contribution in [1.82, 2.24) is 14.5 Å². The molecule has 0 saturated carbocycles. The van der Waals surface area contributed by atoms with Crippen molar-refractivity contribution in [3.63, 3.8) is 0 Å². The minimum Gasteiger partial charge on any atom is -0.494 e. The summed E-state index contributed by atoms with van der Waals surface area (Å²) >= 11 is 0. The van der Waals surface area contributed by atoms with Gasteiger partial charge in [0.15, 0.2) is 6.61 Å². The highest BCUT2D eigenvalue weighted by atomic mass is 16.5. The SMILES string of the molecule is CCOc1ccc(-n2c(C(C)N(Cc3ccccc3)C(=O)COc3ccccc3)nc3ccccc3c2=O)cc1. The van der Waals surface area contributed by atoms with E-state index in [0.717, 1.165) is 5.56 Å². The maximum atomic E-state index is 13.9. The van der Waals surface area contributed by atoms with Crippen LogP contribution in [-0.4, -0.2) is 33.6 Å². The van der Waals surface area contributed by atoms with Crippen molar-refractivity contribution in [3.05, 3.63) is 131 Å². The van der Waals surface area contributed by atoms with Crippen molar-refractivity contribution < 1.29 is 14.3 Å². The Morgan fingerprint density at radius 1 is 0.825 bits per heavy atom. The number of fused-ring (bicyclic) bond motifs is 1. The Bertz CT molecular complexity index is 1630. The van der Waals surface area contributed by atoms with E-state index in [1.165, 1.54) is 0 Å². The monoisotopic (exact) mass is 533 g/mol. The van der Waals surface area contributed by atoms with E-state index in [9.17, 15) is 9.59 Å². The lowest BCUT2D eigenvalue weighted by Crippen LogP contribution is -2.39. The summed E-state index contributed by atoms with van der Waals surface area (Å²) in [7, 11) is 0. The Balaban J connectivity index is 1.58. The molecule has 0 N–H and O–H groups in total. The van der Waals surface area contributed by atoms with Crippen molar-refractivity contribution in [3.8, 4) is 17.2 Å². The number of rotatable bonds is 10. The van der Waals surface area contributed by atoms with Crippen LogP contribution in [0.1, 0.15) is 31.3 Å². The van der Waals surface area contributed by atoms with E-state index in [0.29, 0.717) is 47.1 Å². The molecule has 0 radical (unpaired) electrons. The number of nitrogens with zero attached hydrogens (tertiary/aromatic N) is 3. The fourth-order valence-electron chi connectivity index (χ4n) is 4.64. The second-order valence-electron chi connectivity index (χ2n) is 9.34. The molecule has 5 aromatic rings. The van der Waals surface area contributed by atoms with Gasteiger partial charge in [-0.3, -0.25) is 14.2 Å². The Kier molecular flexibility index (Phi) is 8.21. The summed E-state index contributed by atoms with van der Waals surface area (Å²) < 4.78 is 13.0. The number of benzene rings is 4. The number of hydrogen-bond acceptors (Lipinski definition) is 5. The van der Waals surface area contributed by atoms with Gasteiger partial charge in [0.25, 0.3) is 11.5 Å². The van der Waals surface area contributed by atoms with Gasteiger partial charge in [0.2, 0.25) is 0 Å². The molecule has 1 amide bonds. The minimum atomic E-state index is -0.559. The number of hydrogen-bond donors (Lipinski definition) is 0. The zero-order valence-corrected chi connectivity index (χ0v) is 22.6. The topological polar surface area (TPSA) is 73.7 Å². The molecule has 0 fully saturated rings. The molecule has 0 aliphatic rings. The predicted octanol–water partition coefficient (Wildman–Crippen LogP) is 5.95. The lowest BCUT2D eigenvalue weighted by atomic mass is 10.1. The average molecular weight is 534 g/mol. The third-order valence-corrected chi connectivity index (χ3v) is 6.67. The van der Waals surface area contributed by atoms with Crippen molar-refractivity contribution in [2.24, 2.45) is 0 Å². The van der Waals surface area contributed by atoms with E-state index >= 15 is 0 Å². The molecule has 0 bridgehead atoms. The van der Waals surface area contributed by atoms with E-state index in [1.807, 2.05) is 117 Å². The Labute approximate surface area is 233 Å². The first-order valence-corrected chi connectivity index (χ1v) is 13.3. The summed E-state index contributed by atoms with van der Waals surface area (Å²) in [6.45, 7) is 4.53. The summed E-state index contributed by atoms with van der Waals surface area (Å²) in [5.74, 6) is 1.55. The van der Waals surface area contributed by atoms with Crippen LogP contribution < -0.4 is 15.0 Å². The molecule has 7 heteroatoms. The Hall–Kier alpha value is -4.91. The number of ether oxygens (including phenoxy) is 2. The van der Waals surface area contributed by atoms with Crippen LogP contribution in [0.5, 0.6) is 11.5 Å². The molecule has 0 saturated heterocycles. The standard InChI is InChI=1S/C33H31N3O4/c1-3-39-28-20-18-26(19-21-28)36-32(34-30-17-11-10-16-29(30)33(36)38)24(2)35(22-25-12-6-4-7-13-25)31(37)23-40-27-14-8-5-9-15-27/h4-21,24H,3,22-23H2,1-2H3. The highest BCUT2D eigenvalue weighted by Crippen LogP contribution is 2.26. The molecule has 7 nitrogen and oxygen atoms in total. The van der Waals surface area contributed by atoms with Crippen LogP contribution in [0.15, 0.2) is 114 Å². The maximum Gasteiger partial charge on any atom is 0.266 e. The molecule has 40 heavy (non-hydrogen) atoms. The summed E-state index contributed by atoms with van der Waals surface area (Å²) in [5.41, 5.74) is 1.97. The van der Waals surface area contributed by atoms with E-state index in [4.69, 9.17) is 14.5 Å². The van der Waals surface area contributed by atoms with Crippen LogP contribution in [0.25, 0.3) is 16.6 Å². The van der Waals surface area contributed by atoms with Gasteiger partial charge in [-0.2, -0.15) is 0 Å². The van der Waals surface area contributed by atoms with Crippen molar-refractivity contribution in [2.75, 3.05) is 13.2 Å². The van der Waals surface area contributed by atoms with Gasteiger partial charge in [-0.1, -0.05) is 60.7 Å². The number of para-hydroxylation sites is 2. The number of carbonyl (C=O) groups is 1. The molecule has 0 spiro atoms. The van der Waals surface area contributed by atoms with E-state index in [1.54, 1.807) is 15.5 Å². The highest BCUT2D eigenvalue weighted by Gasteiger charge is 2.27. The molecule has 1 heterocycles. The fraction of sp³-hybridized carbons (Fsp3) is 0.182. The molecule has 202 valence electrons. The second kappa shape index (κ2) is 12.3. The van der Waals surface area contributed by atoms with Crippen molar-refractivity contribution in [1.29, 1.82) is 0 Å². The Morgan fingerprint density at radius 2 is 1.45 bits per heavy atom. The van der Waals surface area contributed by atoms with Crippen LogP contribution in [0, 0.1) is 0 Å². The first kappa shape index (κ1) is 26.7. The van der Waals surface area contributed by atoms with Gasteiger partial charge < -0.3 is 14.4 Å². The van der Waals surface area contributed by atoms with Gasteiger partial charge in [-0.15, -0.1) is 0 Å². The Morgan fingerprint density at radius 3 is 2.15 bits per heavy atom. The summed E-state index contributed by atoms with van der Waals surface area (Å²) in [6.07, 6.45) is 0. The van der Waals surface area contributed by atoms with Gasteiger partial charge in [0, 0.05) is 6.54 Å². The highest BCUT2D eigenvalue weighted by molar-refractivity contribution is 5.79. The van der Waals surface area contributed by atoms with Crippen LogP contribution in [0.2, 0.25) is 0 Å². The summed E-state index contributed by atoms with van der Waals surface area (Å²) in [4.78, 5) is 34.2. The predicted molar refractivity (Wildman–Crippen MR) is 156 cm³/mol.